The summed E-state index contributed by atoms with van der Waals surface area (Å²) >= 11 is 2.65. The van der Waals surface area contributed by atoms with Crippen LogP contribution in [0.5, 0.6) is 17.2 Å². The van der Waals surface area contributed by atoms with Crippen molar-refractivity contribution >= 4 is 45.9 Å². The van der Waals surface area contributed by atoms with Crippen molar-refractivity contribution in [2.75, 3.05) is 32.8 Å². The summed E-state index contributed by atoms with van der Waals surface area (Å²) in [5.74, 6) is 1.06. The molecule has 0 bridgehead atoms. The molecular weight excluding hydrogens is 643 g/mol. The molecule has 12 nitrogen and oxygen atoms in total. The molecule has 0 radical (unpaired) electrons. The second-order valence-corrected chi connectivity index (χ2v) is 12.9. The summed E-state index contributed by atoms with van der Waals surface area (Å²) in [6, 6.07) is 12.3. The summed E-state index contributed by atoms with van der Waals surface area (Å²) in [6.45, 7) is 6.27. The average molecular weight is 680 g/mol. The zero-order chi connectivity index (χ0) is 33.5. The number of hydrogen-bond donors (Lipinski definition) is 2. The van der Waals surface area contributed by atoms with Crippen molar-refractivity contribution in [2.45, 2.75) is 57.0 Å². The molecule has 0 spiro atoms. The second kappa shape index (κ2) is 15.4. The van der Waals surface area contributed by atoms with E-state index < -0.39 is 11.2 Å². The standard InChI is InChI=1S/C33H37N5O7S2/c1-6-44-22-14-12-21(13-15-22)38-27(18-34-30(40)20-11-16-24(42-4)25(17-20)43-5)36-37-33(38)46-19(3)29(39)35-31-28(32(41)45-7-2)23-9-8-10-26(23)47-31/h11-17,19H,6-10,18H2,1-5H3,(H,34,40)(H,35,39). The maximum Gasteiger partial charge on any atom is 0.341 e. The Morgan fingerprint density at radius 2 is 1.77 bits per heavy atom. The van der Waals surface area contributed by atoms with Gasteiger partial charge in [0.2, 0.25) is 5.91 Å². The number of aryl methyl sites for hydroxylation is 1. The molecule has 1 atom stereocenters. The van der Waals surface area contributed by atoms with Gasteiger partial charge in [-0.2, -0.15) is 0 Å². The van der Waals surface area contributed by atoms with E-state index in [-0.39, 0.29) is 25.0 Å². The zero-order valence-electron chi connectivity index (χ0n) is 26.9. The van der Waals surface area contributed by atoms with E-state index in [0.717, 1.165) is 35.4 Å². The van der Waals surface area contributed by atoms with Gasteiger partial charge in [0.15, 0.2) is 22.5 Å². The predicted octanol–water partition coefficient (Wildman–Crippen LogP) is 5.46. The van der Waals surface area contributed by atoms with Crippen LogP contribution in [0, 0.1) is 0 Å². The van der Waals surface area contributed by atoms with Crippen molar-refractivity contribution in [1.82, 2.24) is 20.1 Å². The average Bonchev–Trinajstić information content (AvgIpc) is 3.78. The van der Waals surface area contributed by atoms with E-state index in [1.54, 1.807) is 36.6 Å². The van der Waals surface area contributed by atoms with Crippen molar-refractivity contribution < 1.29 is 33.3 Å². The van der Waals surface area contributed by atoms with Gasteiger partial charge in [-0.05, 0) is 88.1 Å². The van der Waals surface area contributed by atoms with E-state index in [0.29, 0.717) is 51.0 Å². The lowest BCUT2D eigenvalue weighted by atomic mass is 10.1. The Labute approximate surface area is 281 Å². The number of methoxy groups -OCH3 is 2. The van der Waals surface area contributed by atoms with Crippen LogP contribution in [0.25, 0.3) is 5.69 Å². The van der Waals surface area contributed by atoms with Crippen LogP contribution < -0.4 is 24.8 Å². The molecule has 0 aliphatic heterocycles. The number of anilines is 1. The predicted molar refractivity (Wildman–Crippen MR) is 179 cm³/mol. The van der Waals surface area contributed by atoms with Crippen LogP contribution in [-0.2, 0) is 28.9 Å². The molecule has 1 aliphatic rings. The highest BCUT2D eigenvalue weighted by Crippen LogP contribution is 2.40. The Kier molecular flexibility index (Phi) is 11.0. The fourth-order valence-electron chi connectivity index (χ4n) is 5.18. The Balaban J connectivity index is 1.37. The molecule has 1 unspecified atom stereocenters. The van der Waals surface area contributed by atoms with Crippen molar-refractivity contribution in [3.63, 3.8) is 0 Å². The van der Waals surface area contributed by atoms with Crippen LogP contribution in [0.2, 0.25) is 0 Å². The fraction of sp³-hybridized carbons (Fsp3) is 0.364. The first kappa shape index (κ1) is 33.8. The lowest BCUT2D eigenvalue weighted by Crippen LogP contribution is -2.25. The molecule has 1 aliphatic carbocycles. The van der Waals surface area contributed by atoms with Gasteiger partial charge in [0.25, 0.3) is 5.91 Å². The van der Waals surface area contributed by atoms with Gasteiger partial charge in [-0.3, -0.25) is 14.2 Å². The molecule has 14 heteroatoms. The number of benzene rings is 2. The highest BCUT2D eigenvalue weighted by atomic mass is 32.2. The van der Waals surface area contributed by atoms with Gasteiger partial charge in [0.1, 0.15) is 10.8 Å². The maximum atomic E-state index is 13.5. The van der Waals surface area contributed by atoms with Crippen molar-refractivity contribution in [2.24, 2.45) is 0 Å². The number of hydrogen-bond acceptors (Lipinski definition) is 11. The number of nitrogens with one attached hydrogen (secondary N) is 2. The van der Waals surface area contributed by atoms with Gasteiger partial charge in [0.05, 0.1) is 44.8 Å². The number of carbonyl (C=O) groups is 3. The van der Waals surface area contributed by atoms with Gasteiger partial charge in [-0.1, -0.05) is 11.8 Å². The van der Waals surface area contributed by atoms with E-state index in [1.165, 1.54) is 37.3 Å². The molecule has 5 rings (SSSR count). The van der Waals surface area contributed by atoms with E-state index in [9.17, 15) is 14.4 Å². The van der Waals surface area contributed by atoms with Crippen molar-refractivity contribution in [1.29, 1.82) is 0 Å². The van der Waals surface area contributed by atoms with Gasteiger partial charge in [-0.15, -0.1) is 21.5 Å². The fourth-order valence-corrected chi connectivity index (χ4v) is 7.35. The van der Waals surface area contributed by atoms with Crippen LogP contribution in [0.3, 0.4) is 0 Å². The number of nitrogens with zero attached hydrogens (tertiary/aromatic N) is 3. The third kappa shape index (κ3) is 7.54. The molecule has 2 aromatic heterocycles. The Morgan fingerprint density at radius 1 is 1.00 bits per heavy atom. The summed E-state index contributed by atoms with van der Waals surface area (Å²) in [6.07, 6.45) is 2.64. The number of rotatable bonds is 14. The minimum atomic E-state index is -0.609. The monoisotopic (exact) mass is 679 g/mol. The third-order valence-electron chi connectivity index (χ3n) is 7.45. The minimum absolute atomic E-state index is 0.0537. The van der Waals surface area contributed by atoms with E-state index in [1.807, 2.05) is 31.2 Å². The van der Waals surface area contributed by atoms with Gasteiger partial charge in [-0.25, -0.2) is 4.79 Å². The third-order valence-corrected chi connectivity index (χ3v) is 9.70. The number of ether oxygens (including phenoxy) is 4. The smallest absolute Gasteiger partial charge is 0.341 e. The lowest BCUT2D eigenvalue weighted by molar-refractivity contribution is -0.115. The number of carbonyl (C=O) groups excluding carboxylic acids is 3. The van der Waals surface area contributed by atoms with Crippen LogP contribution in [0.4, 0.5) is 5.00 Å². The Hall–Kier alpha value is -4.56. The molecule has 2 N–H and O–H groups in total. The molecule has 0 saturated carbocycles. The minimum Gasteiger partial charge on any atom is -0.494 e. The lowest BCUT2D eigenvalue weighted by Gasteiger charge is -2.15. The number of esters is 1. The molecule has 2 heterocycles. The summed E-state index contributed by atoms with van der Waals surface area (Å²) in [5, 5.41) is 15.0. The molecule has 2 aromatic carbocycles. The molecular formula is C33H37N5O7S2. The highest BCUT2D eigenvalue weighted by molar-refractivity contribution is 8.00. The highest BCUT2D eigenvalue weighted by Gasteiger charge is 2.30. The van der Waals surface area contributed by atoms with Gasteiger partial charge in [0, 0.05) is 16.1 Å². The van der Waals surface area contributed by atoms with Crippen LogP contribution in [0.1, 0.15) is 64.2 Å². The Bertz CT molecular complexity index is 1750. The largest absolute Gasteiger partial charge is 0.494 e. The van der Waals surface area contributed by atoms with Crippen molar-refractivity contribution in [3.8, 4) is 22.9 Å². The van der Waals surface area contributed by atoms with Crippen LogP contribution in [-0.4, -0.2) is 65.2 Å². The maximum absolute atomic E-state index is 13.5. The normalized spacial score (nSPS) is 12.6. The van der Waals surface area contributed by atoms with E-state index in [4.69, 9.17) is 18.9 Å². The number of thiophene rings is 1. The number of amides is 2. The van der Waals surface area contributed by atoms with E-state index >= 15 is 0 Å². The number of aromatic nitrogens is 3. The Morgan fingerprint density at radius 3 is 2.47 bits per heavy atom. The quantitative estimate of drug-likeness (QED) is 0.130. The number of thioether (sulfide) groups is 1. The summed E-state index contributed by atoms with van der Waals surface area (Å²) < 4.78 is 23.3. The number of fused-ring (bicyclic) bond motifs is 1. The second-order valence-electron chi connectivity index (χ2n) is 10.4. The molecule has 248 valence electrons. The van der Waals surface area contributed by atoms with Gasteiger partial charge >= 0.3 is 5.97 Å². The van der Waals surface area contributed by atoms with Crippen LogP contribution >= 0.6 is 23.1 Å². The molecule has 47 heavy (non-hydrogen) atoms. The van der Waals surface area contributed by atoms with Gasteiger partial charge < -0.3 is 29.6 Å². The van der Waals surface area contributed by atoms with Crippen molar-refractivity contribution in [3.05, 3.63) is 69.9 Å². The summed E-state index contributed by atoms with van der Waals surface area (Å²) in [5.41, 5.74) is 2.54. The molecule has 4 aromatic rings. The summed E-state index contributed by atoms with van der Waals surface area (Å²) in [4.78, 5) is 40.5. The molecule has 2 amide bonds. The SMILES string of the molecule is CCOC(=O)c1c(NC(=O)C(C)Sc2nnc(CNC(=O)c3ccc(OC)c(OC)c3)n2-c2ccc(OCC)cc2)sc2c1CCC2. The van der Waals surface area contributed by atoms with E-state index in [2.05, 4.69) is 20.8 Å². The molecule has 0 fully saturated rings. The first-order valence-corrected chi connectivity index (χ1v) is 16.9. The summed E-state index contributed by atoms with van der Waals surface area (Å²) in [7, 11) is 3.03. The molecule has 0 saturated heterocycles. The van der Waals surface area contributed by atoms with Crippen LogP contribution in [0.15, 0.2) is 47.6 Å². The first-order valence-electron chi connectivity index (χ1n) is 15.2. The first-order chi connectivity index (χ1) is 22.8. The zero-order valence-corrected chi connectivity index (χ0v) is 28.5. The topological polar surface area (TPSA) is 143 Å².